The fourth-order valence-electron chi connectivity index (χ4n) is 2.84. The van der Waals surface area contributed by atoms with E-state index in [1.54, 1.807) is 36.5 Å². The molecule has 2 N–H and O–H groups in total. The van der Waals surface area contributed by atoms with Gasteiger partial charge in [-0.3, -0.25) is 4.79 Å². The summed E-state index contributed by atoms with van der Waals surface area (Å²) in [5.41, 5.74) is 3.57. The molecule has 0 spiro atoms. The van der Waals surface area contributed by atoms with Gasteiger partial charge in [0.2, 0.25) is 6.79 Å². The lowest BCUT2D eigenvalue weighted by Gasteiger charge is -2.10. The van der Waals surface area contributed by atoms with E-state index in [9.17, 15) is 4.79 Å². The molecular formula is C21H19N3O3. The minimum atomic E-state index is -0.213. The fraction of sp³-hybridized carbons (Fsp3) is 0.143. The topological polar surface area (TPSA) is 72.5 Å². The monoisotopic (exact) mass is 361 g/mol. The van der Waals surface area contributed by atoms with Crippen LogP contribution in [0.25, 0.3) is 0 Å². The SMILES string of the molecule is Cc1ccccc1CNc1cc(C(=O)Nc2ccc3c(c2)OCO3)ccn1. The van der Waals surface area contributed by atoms with Crippen LogP contribution in [0.4, 0.5) is 11.5 Å². The Morgan fingerprint density at radius 1 is 1.07 bits per heavy atom. The van der Waals surface area contributed by atoms with E-state index in [1.807, 2.05) is 12.1 Å². The predicted molar refractivity (Wildman–Crippen MR) is 103 cm³/mol. The van der Waals surface area contributed by atoms with E-state index in [1.165, 1.54) is 11.1 Å². The van der Waals surface area contributed by atoms with Crippen LogP contribution in [-0.4, -0.2) is 17.7 Å². The number of hydrogen-bond acceptors (Lipinski definition) is 5. The zero-order chi connectivity index (χ0) is 18.6. The summed E-state index contributed by atoms with van der Waals surface area (Å²) >= 11 is 0. The molecule has 0 fully saturated rings. The molecule has 6 nitrogen and oxygen atoms in total. The van der Waals surface area contributed by atoms with Crippen LogP contribution in [0.1, 0.15) is 21.5 Å². The second-order valence-electron chi connectivity index (χ2n) is 6.23. The standard InChI is InChI=1S/C21H19N3O3/c1-14-4-2-3-5-16(14)12-23-20-10-15(8-9-22-20)21(25)24-17-6-7-18-19(11-17)27-13-26-18/h2-11H,12-13H2,1H3,(H,22,23)(H,24,25). The van der Waals surface area contributed by atoms with E-state index in [0.717, 1.165) is 0 Å². The lowest BCUT2D eigenvalue weighted by Crippen LogP contribution is -2.13. The van der Waals surface area contributed by atoms with E-state index in [0.29, 0.717) is 35.1 Å². The number of nitrogens with zero attached hydrogens (tertiary/aromatic N) is 1. The summed E-state index contributed by atoms with van der Waals surface area (Å²) in [5.74, 6) is 1.74. The van der Waals surface area contributed by atoms with E-state index < -0.39 is 0 Å². The Balaban J connectivity index is 1.44. The first kappa shape index (κ1) is 16.9. The van der Waals surface area contributed by atoms with Crippen molar-refractivity contribution in [1.82, 2.24) is 4.98 Å². The number of carbonyl (C=O) groups excluding carboxylic acids is 1. The second-order valence-corrected chi connectivity index (χ2v) is 6.23. The minimum Gasteiger partial charge on any atom is -0.454 e. The summed E-state index contributed by atoms with van der Waals surface area (Å²) in [6, 6.07) is 16.9. The molecule has 0 radical (unpaired) electrons. The smallest absolute Gasteiger partial charge is 0.255 e. The van der Waals surface area contributed by atoms with Crippen LogP contribution in [-0.2, 0) is 6.54 Å². The molecule has 0 atom stereocenters. The molecule has 0 bridgehead atoms. The Morgan fingerprint density at radius 3 is 2.81 bits per heavy atom. The minimum absolute atomic E-state index is 0.201. The van der Waals surface area contributed by atoms with Gasteiger partial charge in [0.25, 0.3) is 5.91 Å². The van der Waals surface area contributed by atoms with Gasteiger partial charge in [0.05, 0.1) is 0 Å². The average molecular weight is 361 g/mol. The number of rotatable bonds is 5. The van der Waals surface area contributed by atoms with Crippen molar-refractivity contribution < 1.29 is 14.3 Å². The Hall–Kier alpha value is -3.54. The maximum Gasteiger partial charge on any atom is 0.255 e. The van der Waals surface area contributed by atoms with Crippen LogP contribution < -0.4 is 20.1 Å². The largest absolute Gasteiger partial charge is 0.454 e. The molecule has 1 aliphatic heterocycles. The third-order valence-electron chi connectivity index (χ3n) is 4.37. The molecule has 0 aliphatic carbocycles. The first-order valence-electron chi connectivity index (χ1n) is 8.64. The van der Waals surface area contributed by atoms with Gasteiger partial charge in [-0.15, -0.1) is 0 Å². The second kappa shape index (κ2) is 7.37. The van der Waals surface area contributed by atoms with Gasteiger partial charge < -0.3 is 20.1 Å². The number of benzene rings is 2. The molecule has 2 aromatic carbocycles. The van der Waals surface area contributed by atoms with Gasteiger partial charge in [-0.1, -0.05) is 24.3 Å². The zero-order valence-electron chi connectivity index (χ0n) is 14.9. The number of fused-ring (bicyclic) bond motifs is 1. The van der Waals surface area contributed by atoms with Crippen molar-refractivity contribution in [3.05, 3.63) is 77.5 Å². The van der Waals surface area contributed by atoms with Gasteiger partial charge in [-0.2, -0.15) is 0 Å². The Morgan fingerprint density at radius 2 is 1.93 bits per heavy atom. The summed E-state index contributed by atoms with van der Waals surface area (Å²) < 4.78 is 10.6. The highest BCUT2D eigenvalue weighted by molar-refractivity contribution is 6.04. The summed E-state index contributed by atoms with van der Waals surface area (Å²) in [6.07, 6.45) is 1.62. The van der Waals surface area contributed by atoms with Gasteiger partial charge in [0.15, 0.2) is 11.5 Å². The molecule has 1 aliphatic rings. The van der Waals surface area contributed by atoms with Crippen molar-refractivity contribution in [1.29, 1.82) is 0 Å². The summed E-state index contributed by atoms with van der Waals surface area (Å²) in [5, 5.41) is 6.14. The van der Waals surface area contributed by atoms with E-state index >= 15 is 0 Å². The van der Waals surface area contributed by atoms with Crippen LogP contribution in [0.5, 0.6) is 11.5 Å². The first-order valence-corrected chi connectivity index (χ1v) is 8.64. The molecule has 0 saturated carbocycles. The van der Waals surface area contributed by atoms with Crippen molar-refractivity contribution in [3.63, 3.8) is 0 Å². The number of pyridine rings is 1. The van der Waals surface area contributed by atoms with Crippen LogP contribution in [0, 0.1) is 6.92 Å². The van der Waals surface area contributed by atoms with Gasteiger partial charge in [0, 0.05) is 30.1 Å². The molecule has 4 rings (SSSR count). The summed E-state index contributed by atoms with van der Waals surface area (Å²) in [4.78, 5) is 16.8. The predicted octanol–water partition coefficient (Wildman–Crippen LogP) is 3.98. The lowest BCUT2D eigenvalue weighted by atomic mass is 10.1. The lowest BCUT2D eigenvalue weighted by molar-refractivity contribution is 0.102. The van der Waals surface area contributed by atoms with Crippen molar-refractivity contribution in [2.75, 3.05) is 17.4 Å². The molecule has 136 valence electrons. The number of carbonyl (C=O) groups is 1. The highest BCUT2D eigenvalue weighted by Crippen LogP contribution is 2.34. The summed E-state index contributed by atoms with van der Waals surface area (Å²) in [7, 11) is 0. The van der Waals surface area contributed by atoms with Crippen molar-refractivity contribution in [2.24, 2.45) is 0 Å². The number of amides is 1. The van der Waals surface area contributed by atoms with Gasteiger partial charge in [-0.25, -0.2) is 4.98 Å². The van der Waals surface area contributed by atoms with Gasteiger partial charge in [0.1, 0.15) is 5.82 Å². The molecule has 6 heteroatoms. The van der Waals surface area contributed by atoms with E-state index in [4.69, 9.17) is 9.47 Å². The van der Waals surface area contributed by atoms with Gasteiger partial charge in [-0.05, 0) is 42.3 Å². The molecular weight excluding hydrogens is 342 g/mol. The van der Waals surface area contributed by atoms with Crippen LogP contribution in [0.2, 0.25) is 0 Å². The molecule has 27 heavy (non-hydrogen) atoms. The van der Waals surface area contributed by atoms with Crippen LogP contribution in [0.3, 0.4) is 0 Å². The number of ether oxygens (including phenoxy) is 2. The van der Waals surface area contributed by atoms with Gasteiger partial charge >= 0.3 is 0 Å². The fourth-order valence-corrected chi connectivity index (χ4v) is 2.84. The Labute approximate surface area is 157 Å². The van der Waals surface area contributed by atoms with E-state index in [2.05, 4.69) is 34.7 Å². The van der Waals surface area contributed by atoms with Crippen LogP contribution in [0.15, 0.2) is 60.8 Å². The number of nitrogens with one attached hydrogen (secondary N) is 2. The maximum atomic E-state index is 12.6. The first-order chi connectivity index (χ1) is 13.2. The quantitative estimate of drug-likeness (QED) is 0.719. The number of anilines is 2. The van der Waals surface area contributed by atoms with Crippen molar-refractivity contribution in [2.45, 2.75) is 13.5 Å². The molecule has 1 amide bonds. The average Bonchev–Trinajstić information content (AvgIpc) is 3.15. The third-order valence-corrected chi connectivity index (χ3v) is 4.37. The molecule has 3 aromatic rings. The molecule has 1 aromatic heterocycles. The Kier molecular flexibility index (Phi) is 4.61. The number of hydrogen-bond donors (Lipinski definition) is 2. The summed E-state index contributed by atoms with van der Waals surface area (Å²) in [6.45, 7) is 2.92. The Bertz CT molecular complexity index is 988. The third kappa shape index (κ3) is 3.84. The maximum absolute atomic E-state index is 12.6. The highest BCUT2D eigenvalue weighted by Gasteiger charge is 2.15. The van der Waals surface area contributed by atoms with Crippen molar-refractivity contribution >= 4 is 17.4 Å². The van der Waals surface area contributed by atoms with Crippen molar-refractivity contribution in [3.8, 4) is 11.5 Å². The van der Waals surface area contributed by atoms with Crippen LogP contribution >= 0.6 is 0 Å². The molecule has 0 saturated heterocycles. The zero-order valence-corrected chi connectivity index (χ0v) is 14.9. The molecule has 2 heterocycles. The highest BCUT2D eigenvalue weighted by atomic mass is 16.7. The normalized spacial score (nSPS) is 11.9. The molecule has 0 unspecified atom stereocenters. The number of aryl methyl sites for hydroxylation is 1. The number of aromatic nitrogens is 1. The van der Waals surface area contributed by atoms with E-state index in [-0.39, 0.29) is 12.7 Å².